The molecule has 1 aromatic heterocycles. The van der Waals surface area contributed by atoms with Gasteiger partial charge in [-0.25, -0.2) is 4.98 Å². The molecule has 0 radical (unpaired) electrons. The van der Waals surface area contributed by atoms with Crippen molar-refractivity contribution in [2.75, 3.05) is 7.05 Å². The molecule has 3 aromatic carbocycles. The highest BCUT2D eigenvalue weighted by Crippen LogP contribution is 2.29. The molecule has 1 atom stereocenters. The number of carbonyl (C=O) groups excluding carboxylic acids is 1. The van der Waals surface area contributed by atoms with Crippen molar-refractivity contribution in [1.82, 2.24) is 9.88 Å². The second-order valence-electron chi connectivity index (χ2n) is 6.56. The molecular formula is C23H20N2OS. The largest absolute Gasteiger partial charge is 0.333 e. The second-order valence-corrected chi connectivity index (χ2v) is 7.62. The molecule has 0 aliphatic rings. The van der Waals surface area contributed by atoms with Gasteiger partial charge in [0.05, 0.1) is 16.3 Å². The molecule has 0 aliphatic carbocycles. The lowest BCUT2D eigenvalue weighted by Crippen LogP contribution is -2.29. The van der Waals surface area contributed by atoms with Crippen LogP contribution >= 0.6 is 11.3 Å². The van der Waals surface area contributed by atoms with E-state index in [4.69, 9.17) is 0 Å². The lowest BCUT2D eigenvalue weighted by molar-refractivity contribution is 0.0742. The molecule has 4 rings (SSSR count). The zero-order valence-electron chi connectivity index (χ0n) is 15.3. The number of para-hydroxylation sites is 1. The molecule has 4 aromatic rings. The van der Waals surface area contributed by atoms with Crippen molar-refractivity contribution in [2.45, 2.75) is 13.0 Å². The van der Waals surface area contributed by atoms with Gasteiger partial charge in [0.15, 0.2) is 0 Å². The molecule has 0 spiro atoms. The number of thiazole rings is 1. The average Bonchev–Trinajstić information content (AvgIpc) is 3.17. The maximum absolute atomic E-state index is 12.9. The first-order valence-corrected chi connectivity index (χ1v) is 9.73. The van der Waals surface area contributed by atoms with Gasteiger partial charge in [0.25, 0.3) is 5.91 Å². The minimum absolute atomic E-state index is 0.00127. The highest BCUT2D eigenvalue weighted by molar-refractivity contribution is 7.18. The summed E-state index contributed by atoms with van der Waals surface area (Å²) < 4.78 is 1.15. The van der Waals surface area contributed by atoms with Crippen LogP contribution in [0.2, 0.25) is 0 Å². The SMILES string of the molecule is C[C@H](c1nc2ccccc2s1)N(C)C(=O)c1ccc(-c2ccccc2)cc1. The Kier molecular flexibility index (Phi) is 4.73. The molecule has 0 unspecified atom stereocenters. The van der Waals surface area contributed by atoms with E-state index in [0.717, 1.165) is 26.4 Å². The first kappa shape index (κ1) is 17.4. The van der Waals surface area contributed by atoms with E-state index in [-0.39, 0.29) is 11.9 Å². The predicted molar refractivity (Wildman–Crippen MR) is 112 cm³/mol. The van der Waals surface area contributed by atoms with E-state index in [9.17, 15) is 4.79 Å². The Hall–Kier alpha value is -2.98. The van der Waals surface area contributed by atoms with Crippen LogP contribution < -0.4 is 0 Å². The maximum atomic E-state index is 12.9. The summed E-state index contributed by atoms with van der Waals surface area (Å²) in [6, 6.07) is 25.9. The number of carbonyl (C=O) groups is 1. The number of aromatic nitrogens is 1. The summed E-state index contributed by atoms with van der Waals surface area (Å²) in [5.41, 5.74) is 3.92. The van der Waals surface area contributed by atoms with Crippen molar-refractivity contribution in [3.8, 4) is 11.1 Å². The summed E-state index contributed by atoms with van der Waals surface area (Å²) in [7, 11) is 1.84. The summed E-state index contributed by atoms with van der Waals surface area (Å²) in [6.07, 6.45) is 0. The molecule has 0 fully saturated rings. The number of rotatable bonds is 4. The van der Waals surface area contributed by atoms with Gasteiger partial charge in [0.2, 0.25) is 0 Å². The molecule has 0 aliphatic heterocycles. The van der Waals surface area contributed by atoms with E-state index in [1.54, 1.807) is 16.2 Å². The Balaban J connectivity index is 1.54. The van der Waals surface area contributed by atoms with Crippen LogP contribution in [0.15, 0.2) is 78.9 Å². The van der Waals surface area contributed by atoms with Gasteiger partial charge in [-0.15, -0.1) is 11.3 Å². The normalized spacial score (nSPS) is 12.1. The van der Waals surface area contributed by atoms with Crippen molar-refractivity contribution >= 4 is 27.5 Å². The van der Waals surface area contributed by atoms with Crippen LogP contribution in [0.4, 0.5) is 0 Å². The Bertz CT molecular complexity index is 1040. The first-order valence-electron chi connectivity index (χ1n) is 8.91. The van der Waals surface area contributed by atoms with E-state index < -0.39 is 0 Å². The van der Waals surface area contributed by atoms with Crippen LogP contribution in [0.3, 0.4) is 0 Å². The lowest BCUT2D eigenvalue weighted by atomic mass is 10.0. The number of hydrogen-bond donors (Lipinski definition) is 0. The molecule has 0 saturated carbocycles. The van der Waals surface area contributed by atoms with Crippen LogP contribution in [-0.2, 0) is 0 Å². The molecular weight excluding hydrogens is 352 g/mol. The van der Waals surface area contributed by atoms with Crippen molar-refractivity contribution in [2.24, 2.45) is 0 Å². The topological polar surface area (TPSA) is 33.2 Å². The molecule has 4 heteroatoms. The molecule has 0 bridgehead atoms. The summed E-state index contributed by atoms with van der Waals surface area (Å²) in [5, 5.41) is 0.952. The van der Waals surface area contributed by atoms with Gasteiger partial charge in [-0.1, -0.05) is 54.6 Å². The summed E-state index contributed by atoms with van der Waals surface area (Å²) in [4.78, 5) is 19.4. The van der Waals surface area contributed by atoms with E-state index in [2.05, 4.69) is 23.2 Å². The van der Waals surface area contributed by atoms with Gasteiger partial charge >= 0.3 is 0 Å². The average molecular weight is 372 g/mol. The first-order chi connectivity index (χ1) is 13.1. The van der Waals surface area contributed by atoms with E-state index >= 15 is 0 Å². The molecule has 1 amide bonds. The highest BCUT2D eigenvalue weighted by atomic mass is 32.1. The Morgan fingerprint density at radius 1 is 0.889 bits per heavy atom. The van der Waals surface area contributed by atoms with Crippen molar-refractivity contribution in [3.05, 3.63) is 89.4 Å². The van der Waals surface area contributed by atoms with Crippen molar-refractivity contribution in [3.63, 3.8) is 0 Å². The van der Waals surface area contributed by atoms with Crippen LogP contribution in [0.25, 0.3) is 21.3 Å². The third-order valence-electron chi connectivity index (χ3n) is 4.81. The molecule has 3 nitrogen and oxygen atoms in total. The minimum atomic E-state index is -0.0799. The molecule has 0 saturated heterocycles. The number of hydrogen-bond acceptors (Lipinski definition) is 3. The van der Waals surface area contributed by atoms with Gasteiger partial charge in [0, 0.05) is 12.6 Å². The smallest absolute Gasteiger partial charge is 0.254 e. The van der Waals surface area contributed by atoms with Crippen molar-refractivity contribution in [1.29, 1.82) is 0 Å². The summed E-state index contributed by atoms with van der Waals surface area (Å²) in [6.45, 7) is 2.02. The highest BCUT2D eigenvalue weighted by Gasteiger charge is 2.21. The Morgan fingerprint density at radius 3 is 2.22 bits per heavy atom. The van der Waals surface area contributed by atoms with Gasteiger partial charge in [-0.05, 0) is 42.3 Å². The Morgan fingerprint density at radius 2 is 1.52 bits per heavy atom. The number of nitrogens with zero attached hydrogens (tertiary/aromatic N) is 2. The third kappa shape index (κ3) is 3.49. The fourth-order valence-corrected chi connectivity index (χ4v) is 4.11. The minimum Gasteiger partial charge on any atom is -0.333 e. The quantitative estimate of drug-likeness (QED) is 0.454. The van der Waals surface area contributed by atoms with Gasteiger partial charge in [-0.2, -0.15) is 0 Å². The van der Waals surface area contributed by atoms with Gasteiger partial charge < -0.3 is 4.90 Å². The van der Waals surface area contributed by atoms with Gasteiger partial charge in [-0.3, -0.25) is 4.79 Å². The van der Waals surface area contributed by atoms with Crippen molar-refractivity contribution < 1.29 is 4.79 Å². The lowest BCUT2D eigenvalue weighted by Gasteiger charge is -2.23. The molecule has 27 heavy (non-hydrogen) atoms. The fraction of sp³-hybridized carbons (Fsp3) is 0.130. The number of amides is 1. The van der Waals surface area contributed by atoms with E-state index in [0.29, 0.717) is 5.56 Å². The van der Waals surface area contributed by atoms with E-state index in [1.165, 1.54) is 0 Å². The fourth-order valence-electron chi connectivity index (χ4n) is 3.05. The standard InChI is InChI=1S/C23H20N2OS/c1-16(22-24-20-10-6-7-11-21(20)27-22)25(2)23(26)19-14-12-18(13-15-19)17-8-4-3-5-9-17/h3-16H,1-2H3/t16-/m1/s1. The third-order valence-corrected chi connectivity index (χ3v) is 6.01. The van der Waals surface area contributed by atoms with Crippen LogP contribution in [0, 0.1) is 0 Å². The molecule has 0 N–H and O–H groups in total. The second kappa shape index (κ2) is 7.33. The molecule has 1 heterocycles. The van der Waals surface area contributed by atoms with Crippen LogP contribution in [0.5, 0.6) is 0 Å². The zero-order valence-corrected chi connectivity index (χ0v) is 16.1. The Labute approximate surface area is 162 Å². The van der Waals surface area contributed by atoms with Crippen LogP contribution in [0.1, 0.15) is 28.3 Å². The molecule has 134 valence electrons. The maximum Gasteiger partial charge on any atom is 0.254 e. The van der Waals surface area contributed by atoms with Gasteiger partial charge in [0.1, 0.15) is 5.01 Å². The van der Waals surface area contributed by atoms with E-state index in [1.807, 2.05) is 74.6 Å². The number of benzene rings is 3. The zero-order chi connectivity index (χ0) is 18.8. The van der Waals surface area contributed by atoms with Crippen LogP contribution in [-0.4, -0.2) is 22.8 Å². The predicted octanol–water partition coefficient (Wildman–Crippen LogP) is 5.80. The monoisotopic (exact) mass is 372 g/mol. The summed E-state index contributed by atoms with van der Waals surface area (Å²) in [5.74, 6) is 0.00127. The summed E-state index contributed by atoms with van der Waals surface area (Å²) >= 11 is 1.64. The number of fused-ring (bicyclic) bond motifs is 1.